The summed E-state index contributed by atoms with van der Waals surface area (Å²) < 4.78 is -0.750. The van der Waals surface area contributed by atoms with Gasteiger partial charge in [0, 0.05) is 39.5 Å². The van der Waals surface area contributed by atoms with Crippen LogP contribution in [0.2, 0.25) is 0 Å². The van der Waals surface area contributed by atoms with Gasteiger partial charge in [0.1, 0.15) is 18.1 Å². The summed E-state index contributed by atoms with van der Waals surface area (Å²) in [5, 5.41) is 29.1. The highest BCUT2D eigenvalue weighted by molar-refractivity contribution is 7.80. The molecule has 0 aliphatic heterocycles. The highest BCUT2D eigenvalue weighted by Gasteiger charge is 2.21. The number of hydrogen-bond donors (Lipinski definition) is 9. The summed E-state index contributed by atoms with van der Waals surface area (Å²) in [6, 6.07) is 8.23. The number of halogens is 6. The molecule has 0 unspecified atom stereocenters. The topological polar surface area (TPSA) is 230 Å². The summed E-state index contributed by atoms with van der Waals surface area (Å²) in [6.45, 7) is 0. The molecule has 0 radical (unpaired) electrons. The zero-order valence-corrected chi connectivity index (χ0v) is 31.2. The first-order valence-corrected chi connectivity index (χ1v) is 16.2. The maximum absolute atomic E-state index is 12.0. The monoisotopic (exact) mass is 849 g/mol. The van der Waals surface area contributed by atoms with Crippen LogP contribution >= 0.6 is 108 Å². The van der Waals surface area contributed by atoms with Crippen LogP contribution in [0.25, 0.3) is 0 Å². The molecule has 2 rings (SSSR count). The number of aliphatic carboxylic acids is 3. The molecular weight excluding hydrogens is 823 g/mol. The van der Waals surface area contributed by atoms with Crippen molar-refractivity contribution in [2.24, 2.45) is 5.73 Å². The van der Waals surface area contributed by atoms with Gasteiger partial charge < -0.3 is 31.7 Å². The van der Waals surface area contributed by atoms with Crippen LogP contribution in [0.15, 0.2) is 48.5 Å². The Hall–Kier alpha value is -2.12. The number of carbonyl (C=O) groups is 7. The molecule has 2 aromatic rings. The van der Waals surface area contributed by atoms with Crippen molar-refractivity contribution in [2.75, 3.05) is 17.3 Å². The second kappa shape index (κ2) is 27.7. The third-order valence-corrected chi connectivity index (χ3v) is 6.35. The molecule has 0 bridgehead atoms. The first-order chi connectivity index (χ1) is 21.8. The van der Waals surface area contributed by atoms with Crippen molar-refractivity contribution < 1.29 is 48.9 Å². The summed E-state index contributed by atoms with van der Waals surface area (Å²) in [7, 11) is 0. The van der Waals surface area contributed by atoms with Gasteiger partial charge in [0.05, 0.1) is 0 Å². The van der Waals surface area contributed by atoms with E-state index >= 15 is 0 Å². The number of benzene rings is 2. The van der Waals surface area contributed by atoms with E-state index in [2.05, 4.69) is 48.5 Å². The Labute approximate surface area is 322 Å². The van der Waals surface area contributed by atoms with Gasteiger partial charge in [-0.1, -0.05) is 59.1 Å². The van der Waals surface area contributed by atoms with Crippen LogP contribution in [0.4, 0.5) is 0 Å². The molecule has 0 spiro atoms. The fraction of sp³-hybridized carbons (Fsp3) is 0.269. The van der Waals surface area contributed by atoms with Crippen LogP contribution in [-0.2, 0) is 14.4 Å². The average Bonchev–Trinajstić information content (AvgIpc) is 3.01. The van der Waals surface area contributed by atoms with Crippen LogP contribution in [0, 0.1) is 0 Å². The summed E-state index contributed by atoms with van der Waals surface area (Å²) in [4.78, 5) is 76.9. The van der Waals surface area contributed by atoms with Crippen molar-refractivity contribution >= 4 is 149 Å². The number of nitrogens with two attached hydrogens (primary N) is 1. The lowest BCUT2D eigenvalue weighted by atomic mass is 10.1. The number of thiol groups is 3. The largest absolute Gasteiger partial charge is 0.480 e. The number of carboxylic acids is 3. The van der Waals surface area contributed by atoms with E-state index in [0.29, 0.717) is 0 Å². The fourth-order valence-corrected chi connectivity index (χ4v) is 3.38. The molecule has 3 atom stereocenters. The van der Waals surface area contributed by atoms with E-state index in [1.807, 2.05) is 0 Å². The number of carboxylic acid groups (broad SMARTS) is 3. The summed E-state index contributed by atoms with van der Waals surface area (Å²) in [5.41, 5.74) is 5.60. The Morgan fingerprint density at radius 1 is 0.625 bits per heavy atom. The number of rotatable bonds is 12. The lowest BCUT2D eigenvalue weighted by Crippen LogP contribution is -2.43. The van der Waals surface area contributed by atoms with Crippen LogP contribution in [0.5, 0.6) is 0 Å². The van der Waals surface area contributed by atoms with Gasteiger partial charge in [0.15, 0.2) is 4.30 Å². The molecule has 7 N–H and O–H groups in total. The maximum Gasteiger partial charge on any atom is 0.327 e. The minimum atomic E-state index is -1.23. The lowest BCUT2D eigenvalue weighted by molar-refractivity contribution is -0.139. The van der Waals surface area contributed by atoms with Gasteiger partial charge in [-0.05, 0) is 47.5 Å². The molecule has 0 aromatic heterocycles. The van der Waals surface area contributed by atoms with Crippen LogP contribution in [0.1, 0.15) is 41.4 Å². The van der Waals surface area contributed by atoms with Crippen molar-refractivity contribution in [1.82, 2.24) is 10.6 Å². The maximum atomic E-state index is 12.0. The first kappa shape index (κ1) is 50.3. The second-order valence-electron chi connectivity index (χ2n) is 8.18. The van der Waals surface area contributed by atoms with E-state index in [-0.39, 0.29) is 51.9 Å². The van der Waals surface area contributed by atoms with Gasteiger partial charge in [0.25, 0.3) is 22.3 Å². The number of amides is 2. The molecule has 0 aliphatic rings. The summed E-state index contributed by atoms with van der Waals surface area (Å²) in [6.07, 6.45) is 0. The van der Waals surface area contributed by atoms with Gasteiger partial charge in [-0.15, -0.1) is 12.4 Å². The standard InChI is InChI=1S/C14H16N2O6S2.C8H4Cl2O2.C3H7NO2S.CHCl3.ClH/c17-11(15-9(5-23)13(19)20)7-2-1-3-8(4-7)12(18)16-10(6-24)14(21)22;9-7(11)5-2-1-3-6(4-5)8(10)12;4-2(1-7)3(5)6;2-1(3)4;/h1-4,9-10,23-24H,5-6H2,(H,15,17)(H,16,18)(H,19,20)(H,21,22);1-4H;2,7H,1,4H2,(H,5,6);1H;1H/t9-,10-;;2-;;/m0.0../s1. The van der Waals surface area contributed by atoms with Crippen molar-refractivity contribution in [3.63, 3.8) is 0 Å². The SMILES string of the molecule is Cl.ClC(Cl)Cl.N[C@@H](CS)C(=O)O.O=C(Cl)c1cccc(C(=O)Cl)c1.O=C(N[C@@H](CS)C(=O)O)c1cccc(C(=O)N[C@@H](CS)C(=O)O)c1. The van der Waals surface area contributed by atoms with Gasteiger partial charge >= 0.3 is 17.9 Å². The number of hydrogen-bond acceptors (Lipinski definition) is 11. The van der Waals surface area contributed by atoms with Gasteiger partial charge in [0.2, 0.25) is 0 Å². The van der Waals surface area contributed by atoms with Crippen molar-refractivity contribution in [2.45, 2.75) is 22.4 Å². The molecule has 268 valence electrons. The van der Waals surface area contributed by atoms with Gasteiger partial charge in [-0.2, -0.15) is 37.9 Å². The van der Waals surface area contributed by atoms with Gasteiger partial charge in [-0.25, -0.2) is 9.59 Å². The van der Waals surface area contributed by atoms with E-state index < -0.39 is 62.6 Å². The third kappa shape index (κ3) is 22.5. The Balaban J connectivity index is -0.000000697. The summed E-state index contributed by atoms with van der Waals surface area (Å²) in [5.74, 6) is -4.83. The highest BCUT2D eigenvalue weighted by atomic mass is 35.6. The Morgan fingerprint density at radius 2 is 0.917 bits per heavy atom. The van der Waals surface area contributed by atoms with Crippen molar-refractivity contribution in [3.8, 4) is 0 Å². The van der Waals surface area contributed by atoms with E-state index in [1.54, 1.807) is 6.07 Å². The van der Waals surface area contributed by atoms with E-state index in [4.69, 9.17) is 79.1 Å². The predicted octanol–water partition coefficient (Wildman–Crippen LogP) is 4.09. The first-order valence-electron chi connectivity index (χ1n) is 12.2. The van der Waals surface area contributed by atoms with Crippen LogP contribution in [0.3, 0.4) is 0 Å². The number of carbonyl (C=O) groups excluding carboxylic acids is 4. The molecule has 22 heteroatoms. The molecular formula is C26H29Cl6N3O10S3. The quantitative estimate of drug-likeness (QED) is 0.0839. The van der Waals surface area contributed by atoms with E-state index in [0.717, 1.165) is 0 Å². The minimum absolute atomic E-state index is 0. The number of alkyl halides is 3. The minimum Gasteiger partial charge on any atom is -0.480 e. The normalized spacial score (nSPS) is 11.5. The lowest BCUT2D eigenvalue weighted by Gasteiger charge is -2.14. The molecule has 0 heterocycles. The third-order valence-electron chi connectivity index (χ3n) is 4.79. The number of nitrogens with one attached hydrogen (secondary N) is 2. The molecule has 2 aromatic carbocycles. The van der Waals surface area contributed by atoms with E-state index in [9.17, 15) is 33.6 Å². The van der Waals surface area contributed by atoms with Crippen molar-refractivity contribution in [3.05, 3.63) is 70.8 Å². The molecule has 0 fully saturated rings. The Kier molecular flexibility index (Phi) is 29.0. The molecule has 0 aliphatic carbocycles. The Morgan fingerprint density at radius 3 is 1.12 bits per heavy atom. The fourth-order valence-electron chi connectivity index (χ4n) is 2.50. The second-order valence-corrected chi connectivity index (χ2v) is 11.9. The predicted molar refractivity (Wildman–Crippen MR) is 197 cm³/mol. The zero-order chi connectivity index (χ0) is 36.9. The summed E-state index contributed by atoms with van der Waals surface area (Å²) >= 11 is 36.1. The van der Waals surface area contributed by atoms with Crippen molar-refractivity contribution in [1.29, 1.82) is 0 Å². The molecule has 48 heavy (non-hydrogen) atoms. The molecule has 2 amide bonds. The van der Waals surface area contributed by atoms with Crippen LogP contribution < -0.4 is 16.4 Å². The molecule has 0 saturated heterocycles. The zero-order valence-electron chi connectivity index (χ0n) is 24.0. The van der Waals surface area contributed by atoms with E-state index in [1.165, 1.54) is 42.5 Å². The molecule has 13 nitrogen and oxygen atoms in total. The molecule has 0 saturated carbocycles. The average molecular weight is 852 g/mol. The van der Waals surface area contributed by atoms with Gasteiger partial charge in [-0.3, -0.25) is 24.0 Å². The smallest absolute Gasteiger partial charge is 0.327 e. The highest BCUT2D eigenvalue weighted by Crippen LogP contribution is 2.10. The van der Waals surface area contributed by atoms with Crippen LogP contribution in [-0.4, -0.2) is 95.2 Å². The Bertz CT molecular complexity index is 1310.